The average molecular weight is 262 g/mol. The molecule has 1 aliphatic rings. The molecule has 1 aromatic carbocycles. The molecule has 0 aliphatic carbocycles. The first-order chi connectivity index (χ1) is 9.26. The second kappa shape index (κ2) is 6.68. The van der Waals surface area contributed by atoms with Gasteiger partial charge in [0, 0.05) is 18.3 Å². The largest absolute Gasteiger partial charge is 0.395 e. The van der Waals surface area contributed by atoms with E-state index in [0.29, 0.717) is 13.1 Å². The number of aliphatic hydroxyl groups is 1. The van der Waals surface area contributed by atoms with Gasteiger partial charge in [0.25, 0.3) is 0 Å². The van der Waals surface area contributed by atoms with Gasteiger partial charge in [-0.2, -0.15) is 0 Å². The van der Waals surface area contributed by atoms with Crippen molar-refractivity contribution in [1.82, 2.24) is 4.90 Å². The fraction of sp³-hybridized carbons (Fsp3) is 0.533. The Balaban J connectivity index is 2.01. The van der Waals surface area contributed by atoms with Crippen LogP contribution in [0, 0.1) is 0 Å². The highest BCUT2D eigenvalue weighted by Crippen LogP contribution is 2.18. The van der Waals surface area contributed by atoms with E-state index in [2.05, 4.69) is 4.90 Å². The van der Waals surface area contributed by atoms with Gasteiger partial charge < -0.3 is 10.0 Å². The van der Waals surface area contributed by atoms with E-state index in [1.807, 2.05) is 37.3 Å². The second-order valence-corrected chi connectivity index (χ2v) is 4.92. The van der Waals surface area contributed by atoms with Crippen LogP contribution >= 0.6 is 0 Å². The first-order valence-electron chi connectivity index (χ1n) is 6.96. The monoisotopic (exact) mass is 262 g/mol. The molecule has 0 unspecified atom stereocenters. The third-order valence-electron chi connectivity index (χ3n) is 3.73. The number of benzene rings is 1. The number of aliphatic hydroxyl groups excluding tert-OH is 1. The van der Waals surface area contributed by atoms with Crippen LogP contribution in [0.25, 0.3) is 0 Å². The molecule has 1 heterocycles. The molecule has 0 aromatic heterocycles. The minimum atomic E-state index is 0.106. The number of carbonyl (C=O) groups excluding carboxylic acids is 1. The van der Waals surface area contributed by atoms with Gasteiger partial charge in [-0.15, -0.1) is 0 Å². The van der Waals surface area contributed by atoms with Crippen LogP contribution in [0.5, 0.6) is 0 Å². The average Bonchev–Trinajstić information content (AvgIpc) is 2.88. The molecule has 1 aromatic rings. The van der Waals surface area contributed by atoms with Crippen LogP contribution in [0.4, 0.5) is 5.69 Å². The fourth-order valence-electron chi connectivity index (χ4n) is 2.68. The number of carbonyl (C=O) groups is 1. The Hall–Kier alpha value is -1.39. The van der Waals surface area contributed by atoms with Crippen molar-refractivity contribution < 1.29 is 9.90 Å². The number of likely N-dealkylation sites (tertiary alicyclic amines) is 1. The molecule has 1 aliphatic heterocycles. The molecule has 0 radical (unpaired) electrons. The molecule has 0 saturated carbocycles. The third kappa shape index (κ3) is 3.33. The number of likely N-dealkylation sites (N-methyl/N-ethyl adjacent to an activating group) is 1. The van der Waals surface area contributed by atoms with Gasteiger partial charge in [-0.1, -0.05) is 18.2 Å². The quantitative estimate of drug-likeness (QED) is 0.874. The van der Waals surface area contributed by atoms with Crippen LogP contribution in [0.3, 0.4) is 0 Å². The van der Waals surface area contributed by atoms with E-state index in [9.17, 15) is 9.90 Å². The lowest BCUT2D eigenvalue weighted by molar-refractivity contribution is -0.120. The highest BCUT2D eigenvalue weighted by atomic mass is 16.3. The second-order valence-electron chi connectivity index (χ2n) is 4.92. The van der Waals surface area contributed by atoms with Crippen molar-refractivity contribution in [3.63, 3.8) is 0 Å². The molecular weight excluding hydrogens is 240 g/mol. The molecule has 2 rings (SSSR count). The van der Waals surface area contributed by atoms with Crippen molar-refractivity contribution in [2.75, 3.05) is 31.1 Å². The van der Waals surface area contributed by atoms with Gasteiger partial charge in [-0.3, -0.25) is 9.69 Å². The van der Waals surface area contributed by atoms with Crippen LogP contribution < -0.4 is 4.90 Å². The number of hydrogen-bond donors (Lipinski definition) is 1. The zero-order valence-electron chi connectivity index (χ0n) is 11.5. The summed E-state index contributed by atoms with van der Waals surface area (Å²) in [5.41, 5.74) is 0.940. The number of nitrogens with zero attached hydrogens (tertiary/aromatic N) is 2. The van der Waals surface area contributed by atoms with Crippen molar-refractivity contribution in [3.05, 3.63) is 30.3 Å². The minimum absolute atomic E-state index is 0.106. The minimum Gasteiger partial charge on any atom is -0.395 e. The Morgan fingerprint density at radius 2 is 2.16 bits per heavy atom. The number of hydrogen-bond acceptors (Lipinski definition) is 3. The first-order valence-corrected chi connectivity index (χ1v) is 6.96. The summed E-state index contributed by atoms with van der Waals surface area (Å²) in [4.78, 5) is 16.3. The van der Waals surface area contributed by atoms with Crippen LogP contribution in [0.1, 0.15) is 19.8 Å². The number of rotatable bonds is 5. The maximum atomic E-state index is 12.4. The van der Waals surface area contributed by atoms with Crippen molar-refractivity contribution in [2.24, 2.45) is 0 Å². The molecule has 19 heavy (non-hydrogen) atoms. The molecule has 4 nitrogen and oxygen atoms in total. The van der Waals surface area contributed by atoms with E-state index in [0.717, 1.165) is 25.1 Å². The van der Waals surface area contributed by atoms with Crippen LogP contribution in [-0.2, 0) is 4.79 Å². The molecule has 0 bridgehead atoms. The zero-order valence-corrected chi connectivity index (χ0v) is 11.5. The SMILES string of the molecule is CCN(C(=O)CN1CCC[C@H]1CO)c1ccccc1. The summed E-state index contributed by atoms with van der Waals surface area (Å²) in [7, 11) is 0. The molecular formula is C15H22N2O2. The van der Waals surface area contributed by atoms with Gasteiger partial charge >= 0.3 is 0 Å². The topological polar surface area (TPSA) is 43.8 Å². The maximum Gasteiger partial charge on any atom is 0.241 e. The summed E-state index contributed by atoms with van der Waals surface area (Å²) in [5, 5.41) is 9.30. The van der Waals surface area contributed by atoms with Gasteiger partial charge in [0.2, 0.25) is 5.91 Å². The van der Waals surface area contributed by atoms with Crippen LogP contribution in [-0.4, -0.2) is 48.2 Å². The molecule has 1 N–H and O–H groups in total. The molecule has 1 atom stereocenters. The predicted molar refractivity (Wildman–Crippen MR) is 76.1 cm³/mol. The Kier molecular flexibility index (Phi) is 4.93. The highest BCUT2D eigenvalue weighted by Gasteiger charge is 2.27. The van der Waals surface area contributed by atoms with E-state index in [1.54, 1.807) is 4.90 Å². The third-order valence-corrected chi connectivity index (χ3v) is 3.73. The summed E-state index contributed by atoms with van der Waals surface area (Å²) in [6.07, 6.45) is 2.05. The van der Waals surface area contributed by atoms with E-state index in [-0.39, 0.29) is 18.6 Å². The fourth-order valence-corrected chi connectivity index (χ4v) is 2.68. The van der Waals surface area contributed by atoms with Gasteiger partial charge in [0.15, 0.2) is 0 Å². The highest BCUT2D eigenvalue weighted by molar-refractivity contribution is 5.94. The lowest BCUT2D eigenvalue weighted by Gasteiger charge is -2.27. The van der Waals surface area contributed by atoms with Gasteiger partial charge in [0.05, 0.1) is 13.2 Å². The Morgan fingerprint density at radius 1 is 1.42 bits per heavy atom. The maximum absolute atomic E-state index is 12.4. The van der Waals surface area contributed by atoms with Gasteiger partial charge in [-0.05, 0) is 38.4 Å². The summed E-state index contributed by atoms with van der Waals surface area (Å²) < 4.78 is 0. The number of amides is 1. The lowest BCUT2D eigenvalue weighted by atomic mass is 10.2. The molecule has 4 heteroatoms. The zero-order chi connectivity index (χ0) is 13.7. The molecule has 0 spiro atoms. The molecule has 1 fully saturated rings. The van der Waals surface area contributed by atoms with Crippen molar-refractivity contribution in [3.8, 4) is 0 Å². The van der Waals surface area contributed by atoms with Gasteiger partial charge in [0.1, 0.15) is 0 Å². The summed E-state index contributed by atoms with van der Waals surface area (Å²) in [6, 6.07) is 9.89. The van der Waals surface area contributed by atoms with Crippen molar-refractivity contribution in [2.45, 2.75) is 25.8 Å². The summed E-state index contributed by atoms with van der Waals surface area (Å²) in [6.45, 7) is 4.10. The first kappa shape index (κ1) is 14.0. The van der Waals surface area contributed by atoms with E-state index < -0.39 is 0 Å². The normalized spacial score (nSPS) is 19.6. The smallest absolute Gasteiger partial charge is 0.241 e. The Morgan fingerprint density at radius 3 is 2.79 bits per heavy atom. The predicted octanol–water partition coefficient (Wildman–Crippen LogP) is 1.50. The number of anilines is 1. The Bertz CT molecular complexity index is 408. The standard InChI is InChI=1S/C15H22N2O2/c1-2-17(13-7-4-3-5-8-13)15(19)11-16-10-6-9-14(16)12-18/h3-5,7-8,14,18H,2,6,9-12H2,1H3/t14-/m0/s1. The molecule has 1 saturated heterocycles. The van der Waals surface area contributed by atoms with E-state index in [1.165, 1.54) is 0 Å². The number of para-hydroxylation sites is 1. The van der Waals surface area contributed by atoms with Crippen molar-refractivity contribution >= 4 is 11.6 Å². The molecule has 104 valence electrons. The Labute approximate surface area is 114 Å². The lowest BCUT2D eigenvalue weighted by Crippen LogP contribution is -2.43. The van der Waals surface area contributed by atoms with Crippen LogP contribution in [0.2, 0.25) is 0 Å². The van der Waals surface area contributed by atoms with Gasteiger partial charge in [-0.25, -0.2) is 0 Å². The van der Waals surface area contributed by atoms with E-state index >= 15 is 0 Å². The summed E-state index contributed by atoms with van der Waals surface area (Å²) >= 11 is 0. The summed E-state index contributed by atoms with van der Waals surface area (Å²) in [5.74, 6) is 0.106. The molecule has 1 amide bonds. The van der Waals surface area contributed by atoms with E-state index in [4.69, 9.17) is 0 Å². The van der Waals surface area contributed by atoms with Crippen molar-refractivity contribution in [1.29, 1.82) is 0 Å². The van der Waals surface area contributed by atoms with Crippen LogP contribution in [0.15, 0.2) is 30.3 Å².